The fourth-order valence-corrected chi connectivity index (χ4v) is 5.82. The van der Waals surface area contributed by atoms with E-state index >= 15 is 0 Å². The average Bonchev–Trinajstić information content (AvgIpc) is 3.57. The van der Waals surface area contributed by atoms with Crippen LogP contribution in [-0.2, 0) is 16.1 Å². The van der Waals surface area contributed by atoms with Gasteiger partial charge in [-0.1, -0.05) is 41.9 Å². The SMILES string of the molecule is COC[C@H](c1cc2nc([C@@H](NC(=O)OCc3ccccc3)C3CCC(F)(F)CC3)cn2nc1Cl)N1C[C@@H](C(F)(F)F)NC1=O. The summed E-state index contributed by atoms with van der Waals surface area (Å²) in [4.78, 5) is 30.9. The average molecular weight is 645 g/mol. The van der Waals surface area contributed by atoms with Gasteiger partial charge in [0.25, 0.3) is 0 Å². The van der Waals surface area contributed by atoms with Gasteiger partial charge in [0.1, 0.15) is 12.6 Å². The third-order valence-electron chi connectivity index (χ3n) is 7.88. The normalized spacial score (nSPS) is 20.4. The van der Waals surface area contributed by atoms with Gasteiger partial charge in [-0.2, -0.15) is 18.3 Å². The van der Waals surface area contributed by atoms with E-state index in [0.717, 1.165) is 10.5 Å². The van der Waals surface area contributed by atoms with Crippen molar-refractivity contribution in [3.63, 3.8) is 0 Å². The summed E-state index contributed by atoms with van der Waals surface area (Å²) in [7, 11) is 1.33. The van der Waals surface area contributed by atoms with E-state index in [-0.39, 0.29) is 55.3 Å². The van der Waals surface area contributed by atoms with Crippen molar-refractivity contribution in [2.24, 2.45) is 5.92 Å². The Labute approximate surface area is 253 Å². The molecule has 1 aromatic carbocycles. The number of aromatic nitrogens is 3. The lowest BCUT2D eigenvalue weighted by Gasteiger charge is -2.33. The first-order chi connectivity index (χ1) is 20.8. The lowest BCUT2D eigenvalue weighted by atomic mass is 9.81. The molecule has 16 heteroatoms. The van der Waals surface area contributed by atoms with E-state index in [9.17, 15) is 31.5 Å². The van der Waals surface area contributed by atoms with Crippen molar-refractivity contribution in [1.82, 2.24) is 30.1 Å². The zero-order valence-corrected chi connectivity index (χ0v) is 24.2. The number of halogens is 6. The number of rotatable bonds is 9. The summed E-state index contributed by atoms with van der Waals surface area (Å²) < 4.78 is 79.9. The minimum Gasteiger partial charge on any atom is -0.445 e. The van der Waals surface area contributed by atoms with Crippen LogP contribution in [0.25, 0.3) is 5.65 Å². The smallest absolute Gasteiger partial charge is 0.410 e. The predicted octanol–water partition coefficient (Wildman–Crippen LogP) is 5.82. The summed E-state index contributed by atoms with van der Waals surface area (Å²) in [6.45, 7) is -0.855. The molecule has 1 saturated heterocycles. The third kappa shape index (κ3) is 7.15. The molecular formula is C28H30ClF5N6O4. The molecule has 1 aliphatic carbocycles. The van der Waals surface area contributed by atoms with Gasteiger partial charge in [0.2, 0.25) is 5.92 Å². The Hall–Kier alpha value is -3.72. The van der Waals surface area contributed by atoms with Crippen LogP contribution in [-0.4, -0.2) is 70.0 Å². The highest BCUT2D eigenvalue weighted by Crippen LogP contribution is 2.41. The maximum absolute atomic E-state index is 14.0. The molecule has 0 unspecified atom stereocenters. The fourth-order valence-electron chi connectivity index (χ4n) is 5.55. The van der Waals surface area contributed by atoms with Crippen molar-refractivity contribution >= 4 is 29.4 Å². The van der Waals surface area contributed by atoms with Crippen molar-refractivity contribution < 1.29 is 41.0 Å². The van der Waals surface area contributed by atoms with Gasteiger partial charge in [0.15, 0.2) is 10.8 Å². The quantitative estimate of drug-likeness (QED) is 0.284. The van der Waals surface area contributed by atoms with Crippen molar-refractivity contribution in [1.29, 1.82) is 0 Å². The fraction of sp³-hybridized carbons (Fsp3) is 0.500. The zero-order valence-electron chi connectivity index (χ0n) is 23.5. The number of nitrogens with zero attached hydrogens (tertiary/aromatic N) is 4. The van der Waals surface area contributed by atoms with Gasteiger partial charge >= 0.3 is 18.3 Å². The molecule has 3 atom stereocenters. The Morgan fingerprint density at radius 3 is 2.57 bits per heavy atom. The second kappa shape index (κ2) is 12.7. The largest absolute Gasteiger partial charge is 0.445 e. The number of alkyl carbamates (subject to hydrolysis) is 1. The number of fused-ring (bicyclic) bond motifs is 1. The van der Waals surface area contributed by atoms with Crippen molar-refractivity contribution in [3.05, 3.63) is 64.6 Å². The molecule has 1 saturated carbocycles. The number of carbonyl (C=O) groups is 2. The predicted molar refractivity (Wildman–Crippen MR) is 147 cm³/mol. The van der Waals surface area contributed by atoms with Crippen LogP contribution in [0, 0.1) is 5.92 Å². The second-order valence-electron chi connectivity index (χ2n) is 10.9. The molecule has 0 radical (unpaired) electrons. The first-order valence-electron chi connectivity index (χ1n) is 13.9. The molecule has 2 aromatic heterocycles. The van der Waals surface area contributed by atoms with E-state index in [4.69, 9.17) is 21.1 Å². The molecule has 3 amide bonds. The van der Waals surface area contributed by atoms with Crippen LogP contribution in [0.4, 0.5) is 31.5 Å². The molecule has 2 N–H and O–H groups in total. The van der Waals surface area contributed by atoms with Crippen LogP contribution >= 0.6 is 11.6 Å². The summed E-state index contributed by atoms with van der Waals surface area (Å²) in [6, 6.07) is 5.61. The molecule has 0 bridgehead atoms. The van der Waals surface area contributed by atoms with Crippen LogP contribution in [0.1, 0.15) is 54.6 Å². The first-order valence-corrected chi connectivity index (χ1v) is 14.3. The number of hydrogen-bond acceptors (Lipinski definition) is 6. The minimum absolute atomic E-state index is 0.00597. The maximum atomic E-state index is 14.0. The van der Waals surface area contributed by atoms with E-state index in [1.165, 1.54) is 23.9 Å². The van der Waals surface area contributed by atoms with Gasteiger partial charge in [-0.15, -0.1) is 0 Å². The number of urea groups is 1. The van der Waals surface area contributed by atoms with Gasteiger partial charge < -0.3 is 25.0 Å². The van der Waals surface area contributed by atoms with Gasteiger partial charge in [0, 0.05) is 25.5 Å². The lowest BCUT2D eigenvalue weighted by Crippen LogP contribution is -2.40. The first kappa shape index (κ1) is 31.7. The number of amides is 3. The Morgan fingerprint density at radius 1 is 1.23 bits per heavy atom. The number of methoxy groups -OCH3 is 1. The standard InChI is InChI=1S/C28H30ClF5N6O4/c1-43-15-20(39-13-21(28(32,33)34)36-25(39)41)18-11-22-35-19(12-40(22)38-24(18)29)23(17-7-9-27(30,31)10-8-17)37-26(42)44-14-16-5-3-2-4-6-16/h2-6,11-12,17,20-21,23H,7-10,13-15H2,1H3,(H,36,41)(H,37,42)/t20-,21+,23+/m1/s1. The summed E-state index contributed by atoms with van der Waals surface area (Å²) in [6.07, 6.45) is -4.40. The van der Waals surface area contributed by atoms with E-state index in [0.29, 0.717) is 5.69 Å². The van der Waals surface area contributed by atoms with Gasteiger partial charge in [-0.25, -0.2) is 27.9 Å². The molecule has 0 spiro atoms. The third-order valence-corrected chi connectivity index (χ3v) is 8.18. The number of nitrogens with one attached hydrogen (secondary N) is 2. The molecule has 5 rings (SSSR count). The highest BCUT2D eigenvalue weighted by molar-refractivity contribution is 6.30. The van der Waals surface area contributed by atoms with Crippen LogP contribution < -0.4 is 10.6 Å². The number of carbonyl (C=O) groups excluding carboxylic acids is 2. The van der Waals surface area contributed by atoms with Gasteiger partial charge in [0.05, 0.1) is 37.1 Å². The molecule has 1 aliphatic heterocycles. The molecule has 238 valence electrons. The summed E-state index contributed by atoms with van der Waals surface area (Å²) >= 11 is 6.47. The Morgan fingerprint density at radius 2 is 1.93 bits per heavy atom. The van der Waals surface area contributed by atoms with Crippen molar-refractivity contribution in [3.8, 4) is 0 Å². The molecule has 3 aromatic rings. The van der Waals surface area contributed by atoms with E-state index in [2.05, 4.69) is 15.4 Å². The summed E-state index contributed by atoms with van der Waals surface area (Å²) in [5.41, 5.74) is 1.46. The van der Waals surface area contributed by atoms with Gasteiger partial charge in [-0.3, -0.25) is 0 Å². The maximum Gasteiger partial charge on any atom is 0.410 e. The Balaban J connectivity index is 1.42. The van der Waals surface area contributed by atoms with Crippen molar-refractivity contribution in [2.75, 3.05) is 20.3 Å². The lowest BCUT2D eigenvalue weighted by molar-refractivity contribution is -0.150. The van der Waals surface area contributed by atoms with E-state index < -0.39 is 54.8 Å². The summed E-state index contributed by atoms with van der Waals surface area (Å²) in [5.74, 6) is -3.20. The number of ether oxygens (including phenoxy) is 2. The van der Waals surface area contributed by atoms with E-state index in [1.54, 1.807) is 24.3 Å². The Kier molecular flexibility index (Phi) is 9.16. The van der Waals surface area contributed by atoms with Gasteiger partial charge in [-0.05, 0) is 30.4 Å². The molecule has 2 aliphatic rings. The Bertz CT molecular complexity index is 1480. The molecule has 44 heavy (non-hydrogen) atoms. The van der Waals surface area contributed by atoms with Crippen LogP contribution in [0.3, 0.4) is 0 Å². The highest BCUT2D eigenvalue weighted by atomic mass is 35.5. The highest BCUT2D eigenvalue weighted by Gasteiger charge is 2.49. The topological polar surface area (TPSA) is 110 Å². The number of imidazole rings is 1. The summed E-state index contributed by atoms with van der Waals surface area (Å²) in [5, 5.41) is 8.87. The number of hydrogen-bond donors (Lipinski definition) is 2. The second-order valence-corrected chi connectivity index (χ2v) is 11.3. The molecule has 10 nitrogen and oxygen atoms in total. The van der Waals surface area contributed by atoms with E-state index in [1.807, 2.05) is 11.4 Å². The zero-order chi connectivity index (χ0) is 31.6. The number of benzene rings is 1. The monoisotopic (exact) mass is 644 g/mol. The molecular weight excluding hydrogens is 615 g/mol. The minimum atomic E-state index is -4.65. The van der Waals surface area contributed by atoms with Crippen LogP contribution in [0.5, 0.6) is 0 Å². The van der Waals surface area contributed by atoms with Crippen LogP contribution in [0.2, 0.25) is 5.15 Å². The van der Waals surface area contributed by atoms with Crippen molar-refractivity contribution in [2.45, 2.75) is 62.5 Å². The number of alkyl halides is 5. The molecule has 2 fully saturated rings. The molecule has 3 heterocycles. The van der Waals surface area contributed by atoms with Crippen LogP contribution in [0.15, 0.2) is 42.6 Å².